The van der Waals surface area contributed by atoms with Crippen molar-refractivity contribution < 1.29 is 19.4 Å². The van der Waals surface area contributed by atoms with Crippen molar-refractivity contribution in [1.29, 1.82) is 0 Å². The zero-order chi connectivity index (χ0) is 12.4. The molecule has 0 saturated carbocycles. The number of carboxylic acid groups (broad SMARTS) is 1. The number of fused-ring (bicyclic) bond motifs is 1. The number of methoxy groups -OCH3 is 2. The molecule has 0 amide bonds. The van der Waals surface area contributed by atoms with E-state index in [1.165, 1.54) is 24.8 Å². The van der Waals surface area contributed by atoms with Crippen molar-refractivity contribution in [2.24, 2.45) is 0 Å². The van der Waals surface area contributed by atoms with Crippen LogP contribution in [-0.4, -0.2) is 39.9 Å². The lowest BCUT2D eigenvalue weighted by Crippen LogP contribution is -2.11. The van der Waals surface area contributed by atoms with Crippen molar-refractivity contribution in [1.82, 2.24) is 14.6 Å². The third-order valence-corrected chi connectivity index (χ3v) is 2.28. The summed E-state index contributed by atoms with van der Waals surface area (Å²) in [6, 6.07) is 3.04. The fourth-order valence-corrected chi connectivity index (χ4v) is 1.53. The Hall–Kier alpha value is -1.99. The highest BCUT2D eigenvalue weighted by molar-refractivity contribution is 5.86. The number of carbonyl (C=O) groups is 1. The Labute approximate surface area is 96.6 Å². The lowest BCUT2D eigenvalue weighted by molar-refractivity contribution is -0.109. The summed E-state index contributed by atoms with van der Waals surface area (Å²) in [6.45, 7) is 0. The van der Waals surface area contributed by atoms with Crippen molar-refractivity contribution in [3.63, 3.8) is 0 Å². The van der Waals surface area contributed by atoms with E-state index >= 15 is 0 Å². The smallest absolute Gasteiger partial charge is 0.356 e. The highest BCUT2D eigenvalue weighted by Gasteiger charge is 2.17. The molecule has 2 aromatic heterocycles. The number of hydrogen-bond donors (Lipinski definition) is 1. The van der Waals surface area contributed by atoms with Crippen molar-refractivity contribution in [3.8, 4) is 0 Å². The number of aromatic carboxylic acids is 1. The lowest BCUT2D eigenvalue weighted by atomic mass is 10.4. The molecule has 90 valence electrons. The fourth-order valence-electron chi connectivity index (χ4n) is 1.53. The van der Waals surface area contributed by atoms with Gasteiger partial charge in [-0.15, -0.1) is 0 Å². The Morgan fingerprint density at radius 2 is 2.18 bits per heavy atom. The van der Waals surface area contributed by atoms with E-state index in [4.69, 9.17) is 14.6 Å². The van der Waals surface area contributed by atoms with Crippen LogP contribution in [0.4, 0.5) is 0 Å². The summed E-state index contributed by atoms with van der Waals surface area (Å²) in [6.07, 6.45) is 0.922. The van der Waals surface area contributed by atoms with Gasteiger partial charge in [-0.25, -0.2) is 14.3 Å². The first kappa shape index (κ1) is 11.5. The summed E-state index contributed by atoms with van der Waals surface area (Å²) in [5.74, 6) is -1.10. The maximum Gasteiger partial charge on any atom is 0.356 e. The van der Waals surface area contributed by atoms with Gasteiger partial charge in [-0.2, -0.15) is 5.10 Å². The molecular weight excluding hydrogens is 226 g/mol. The number of hydrogen-bond acceptors (Lipinski definition) is 5. The molecule has 7 heteroatoms. The van der Waals surface area contributed by atoms with Crippen molar-refractivity contribution in [3.05, 3.63) is 29.7 Å². The minimum atomic E-state index is -1.10. The fraction of sp³-hybridized carbons (Fsp3) is 0.300. The summed E-state index contributed by atoms with van der Waals surface area (Å²) >= 11 is 0. The van der Waals surface area contributed by atoms with Crippen LogP contribution in [0.1, 0.15) is 22.5 Å². The summed E-state index contributed by atoms with van der Waals surface area (Å²) in [5.41, 5.74) is 0.933. The first-order valence-corrected chi connectivity index (χ1v) is 4.81. The summed E-state index contributed by atoms with van der Waals surface area (Å²) in [5, 5.41) is 12.8. The highest BCUT2D eigenvalue weighted by atomic mass is 16.7. The van der Waals surface area contributed by atoms with Crippen LogP contribution < -0.4 is 0 Å². The van der Waals surface area contributed by atoms with Crippen molar-refractivity contribution >= 4 is 11.6 Å². The van der Waals surface area contributed by atoms with Gasteiger partial charge in [0.25, 0.3) is 0 Å². The van der Waals surface area contributed by atoms with Crippen LogP contribution in [0, 0.1) is 0 Å². The molecule has 1 N–H and O–H groups in total. The van der Waals surface area contributed by atoms with E-state index in [1.54, 1.807) is 12.3 Å². The molecule has 0 aliphatic carbocycles. The van der Waals surface area contributed by atoms with Crippen LogP contribution in [-0.2, 0) is 9.47 Å². The van der Waals surface area contributed by atoms with Gasteiger partial charge >= 0.3 is 5.97 Å². The molecule has 0 bridgehead atoms. The minimum absolute atomic E-state index is 0.0732. The third kappa shape index (κ3) is 1.97. The Balaban J connectivity index is 2.60. The summed E-state index contributed by atoms with van der Waals surface area (Å²) in [4.78, 5) is 14.8. The molecule has 0 unspecified atom stereocenters. The van der Waals surface area contributed by atoms with Crippen LogP contribution in [0.15, 0.2) is 18.3 Å². The standard InChI is InChI=1S/C10H11N3O4/c1-16-10(17-2)7-3-4-11-8-5-6(9(14)15)12-13(7)8/h3-5,10H,1-2H3,(H,14,15). The minimum Gasteiger partial charge on any atom is -0.476 e. The van der Waals surface area contributed by atoms with Gasteiger partial charge in [0.05, 0.1) is 0 Å². The predicted octanol–water partition coefficient (Wildman–Crippen LogP) is 0.719. The predicted molar refractivity (Wildman–Crippen MR) is 56.7 cm³/mol. The van der Waals surface area contributed by atoms with Crippen molar-refractivity contribution in [2.45, 2.75) is 6.29 Å². The third-order valence-electron chi connectivity index (χ3n) is 2.28. The van der Waals surface area contributed by atoms with Gasteiger partial charge in [0.2, 0.25) is 6.29 Å². The van der Waals surface area contributed by atoms with Gasteiger partial charge < -0.3 is 14.6 Å². The maximum atomic E-state index is 10.8. The second-order valence-electron chi connectivity index (χ2n) is 3.28. The van der Waals surface area contributed by atoms with Crippen LogP contribution in [0.5, 0.6) is 0 Å². The molecule has 0 fully saturated rings. The number of ether oxygens (including phenoxy) is 2. The molecule has 0 atom stereocenters. The number of nitrogens with zero attached hydrogens (tertiary/aromatic N) is 3. The SMILES string of the molecule is COC(OC)c1ccnc2cc(C(=O)O)nn12. The van der Waals surface area contributed by atoms with Gasteiger partial charge in [-0.3, -0.25) is 0 Å². The molecule has 0 aliphatic heterocycles. The Morgan fingerprint density at radius 3 is 2.76 bits per heavy atom. The number of rotatable bonds is 4. The number of carboxylic acids is 1. The Bertz CT molecular complexity index is 547. The Kier molecular flexibility index (Phi) is 3.03. The summed E-state index contributed by atoms with van der Waals surface area (Å²) in [7, 11) is 2.98. The van der Waals surface area contributed by atoms with E-state index in [0.717, 1.165) is 0 Å². The molecule has 17 heavy (non-hydrogen) atoms. The highest BCUT2D eigenvalue weighted by Crippen LogP contribution is 2.17. The second-order valence-corrected chi connectivity index (χ2v) is 3.28. The zero-order valence-corrected chi connectivity index (χ0v) is 9.32. The first-order valence-electron chi connectivity index (χ1n) is 4.81. The van der Waals surface area contributed by atoms with E-state index in [-0.39, 0.29) is 5.69 Å². The van der Waals surface area contributed by atoms with Crippen molar-refractivity contribution in [2.75, 3.05) is 14.2 Å². The largest absolute Gasteiger partial charge is 0.476 e. The van der Waals surface area contributed by atoms with E-state index in [0.29, 0.717) is 11.3 Å². The van der Waals surface area contributed by atoms with E-state index in [2.05, 4.69) is 10.1 Å². The summed E-state index contributed by atoms with van der Waals surface area (Å²) < 4.78 is 11.6. The van der Waals surface area contributed by atoms with Gasteiger partial charge in [0, 0.05) is 26.5 Å². The van der Waals surface area contributed by atoms with Gasteiger partial charge in [0.1, 0.15) is 5.69 Å². The van der Waals surface area contributed by atoms with Gasteiger partial charge in [-0.1, -0.05) is 0 Å². The molecule has 0 aromatic carbocycles. The van der Waals surface area contributed by atoms with Crippen LogP contribution in [0.25, 0.3) is 5.65 Å². The molecule has 0 aliphatic rings. The molecule has 0 saturated heterocycles. The molecule has 2 aromatic rings. The lowest BCUT2D eigenvalue weighted by Gasteiger charge is -2.13. The van der Waals surface area contributed by atoms with E-state index < -0.39 is 12.3 Å². The van der Waals surface area contributed by atoms with E-state index in [1.807, 2.05) is 0 Å². The van der Waals surface area contributed by atoms with Crippen LogP contribution in [0.3, 0.4) is 0 Å². The molecule has 2 heterocycles. The molecule has 0 radical (unpaired) electrons. The molecular formula is C10H11N3O4. The maximum absolute atomic E-state index is 10.8. The molecule has 0 spiro atoms. The number of aromatic nitrogens is 3. The Morgan fingerprint density at radius 1 is 1.47 bits per heavy atom. The van der Waals surface area contributed by atoms with Gasteiger partial charge in [0.15, 0.2) is 11.3 Å². The molecule has 2 rings (SSSR count). The van der Waals surface area contributed by atoms with Crippen LogP contribution in [0.2, 0.25) is 0 Å². The van der Waals surface area contributed by atoms with Gasteiger partial charge in [-0.05, 0) is 6.07 Å². The van der Waals surface area contributed by atoms with Crippen LogP contribution >= 0.6 is 0 Å². The quantitative estimate of drug-likeness (QED) is 0.788. The zero-order valence-electron chi connectivity index (χ0n) is 9.32. The second kappa shape index (κ2) is 4.48. The normalized spacial score (nSPS) is 11.2. The topological polar surface area (TPSA) is 86.0 Å². The van der Waals surface area contributed by atoms with E-state index in [9.17, 15) is 4.79 Å². The first-order chi connectivity index (χ1) is 8.17. The average Bonchev–Trinajstić information content (AvgIpc) is 2.75. The monoisotopic (exact) mass is 237 g/mol. The molecule has 7 nitrogen and oxygen atoms in total. The average molecular weight is 237 g/mol.